The lowest BCUT2D eigenvalue weighted by atomic mass is 10.2. The summed E-state index contributed by atoms with van der Waals surface area (Å²) in [5, 5.41) is 9.31. The second-order valence-electron chi connectivity index (χ2n) is 5.97. The summed E-state index contributed by atoms with van der Waals surface area (Å²) in [6.07, 6.45) is 0.0137. The van der Waals surface area contributed by atoms with Gasteiger partial charge >= 0.3 is 0 Å². The van der Waals surface area contributed by atoms with Gasteiger partial charge in [0, 0.05) is 23.9 Å². The van der Waals surface area contributed by atoms with Gasteiger partial charge in [-0.2, -0.15) is 5.10 Å². The van der Waals surface area contributed by atoms with Gasteiger partial charge in [-0.25, -0.2) is 5.43 Å². The van der Waals surface area contributed by atoms with Gasteiger partial charge in [0.05, 0.1) is 19.2 Å². The number of ether oxygens (including phenoxy) is 1. The monoisotopic (exact) mass is 382 g/mol. The highest BCUT2D eigenvalue weighted by molar-refractivity contribution is 6.06. The lowest BCUT2D eigenvalue weighted by molar-refractivity contribution is -0.115. The molecule has 3 amide bonds. The fraction of sp³-hybridized carbons (Fsp3) is 0.200. The van der Waals surface area contributed by atoms with Crippen LogP contribution in [0.2, 0.25) is 0 Å². The number of nitrogens with zero attached hydrogens (tertiary/aromatic N) is 1. The summed E-state index contributed by atoms with van der Waals surface area (Å²) in [5.74, 6) is -0.330. The zero-order valence-corrected chi connectivity index (χ0v) is 15.9. The zero-order valence-electron chi connectivity index (χ0n) is 15.9. The van der Waals surface area contributed by atoms with E-state index in [0.717, 1.165) is 0 Å². The third kappa shape index (κ3) is 6.24. The second kappa shape index (κ2) is 9.86. The van der Waals surface area contributed by atoms with Crippen molar-refractivity contribution in [1.82, 2.24) is 5.43 Å². The molecule has 0 spiro atoms. The van der Waals surface area contributed by atoms with E-state index in [-0.39, 0.29) is 18.2 Å². The number of carbonyl (C=O) groups excluding carboxylic acids is 3. The van der Waals surface area contributed by atoms with Crippen LogP contribution in [0, 0.1) is 0 Å². The molecule has 0 saturated carbocycles. The summed E-state index contributed by atoms with van der Waals surface area (Å²) in [7, 11) is 1.52. The Hall–Kier alpha value is -3.68. The minimum atomic E-state index is -0.418. The van der Waals surface area contributed by atoms with Gasteiger partial charge in [-0.1, -0.05) is 12.1 Å². The van der Waals surface area contributed by atoms with Gasteiger partial charge < -0.3 is 15.4 Å². The van der Waals surface area contributed by atoms with E-state index in [4.69, 9.17) is 4.74 Å². The maximum absolute atomic E-state index is 12.1. The van der Waals surface area contributed by atoms with Crippen molar-refractivity contribution in [2.24, 2.45) is 5.10 Å². The normalized spacial score (nSPS) is 10.8. The van der Waals surface area contributed by atoms with Gasteiger partial charge in [0.25, 0.3) is 5.91 Å². The lowest BCUT2D eigenvalue weighted by Gasteiger charge is -2.09. The van der Waals surface area contributed by atoms with E-state index in [0.29, 0.717) is 28.4 Å². The third-order valence-corrected chi connectivity index (χ3v) is 3.61. The molecule has 2 aromatic rings. The van der Waals surface area contributed by atoms with Crippen LogP contribution in [-0.4, -0.2) is 30.5 Å². The van der Waals surface area contributed by atoms with Gasteiger partial charge in [0.2, 0.25) is 11.8 Å². The van der Waals surface area contributed by atoms with Crippen molar-refractivity contribution in [3.63, 3.8) is 0 Å². The summed E-state index contributed by atoms with van der Waals surface area (Å²) in [4.78, 5) is 35.3. The Kier molecular flexibility index (Phi) is 7.27. The predicted molar refractivity (Wildman–Crippen MR) is 108 cm³/mol. The number of rotatable bonds is 7. The molecule has 0 heterocycles. The molecule has 0 saturated heterocycles. The summed E-state index contributed by atoms with van der Waals surface area (Å²) < 4.78 is 5.18. The molecule has 0 aliphatic rings. The molecule has 28 heavy (non-hydrogen) atoms. The van der Waals surface area contributed by atoms with Crippen LogP contribution in [0.5, 0.6) is 5.75 Å². The third-order valence-electron chi connectivity index (χ3n) is 3.61. The molecule has 8 nitrogen and oxygen atoms in total. The summed E-state index contributed by atoms with van der Waals surface area (Å²) in [5.41, 5.74) is 4.38. The minimum Gasteiger partial charge on any atom is -0.495 e. The Morgan fingerprint density at radius 2 is 1.64 bits per heavy atom. The molecule has 0 radical (unpaired) electrons. The molecule has 0 aromatic heterocycles. The first-order valence-electron chi connectivity index (χ1n) is 8.53. The molecule has 0 fully saturated rings. The van der Waals surface area contributed by atoms with E-state index < -0.39 is 5.91 Å². The van der Waals surface area contributed by atoms with E-state index in [1.807, 2.05) is 0 Å². The largest absolute Gasteiger partial charge is 0.495 e. The summed E-state index contributed by atoms with van der Waals surface area (Å²) in [6, 6.07) is 13.4. The van der Waals surface area contributed by atoms with Crippen molar-refractivity contribution >= 4 is 34.8 Å². The average molecular weight is 382 g/mol. The maximum atomic E-state index is 12.1. The van der Waals surface area contributed by atoms with E-state index in [9.17, 15) is 14.4 Å². The maximum Gasteiger partial charge on any atom is 0.271 e. The topological polar surface area (TPSA) is 109 Å². The number of nitrogens with one attached hydrogen (secondary N) is 3. The van der Waals surface area contributed by atoms with Crippen molar-refractivity contribution in [2.45, 2.75) is 20.3 Å². The number of benzene rings is 2. The van der Waals surface area contributed by atoms with Crippen molar-refractivity contribution in [3.8, 4) is 5.75 Å². The van der Waals surface area contributed by atoms with Crippen LogP contribution < -0.4 is 20.8 Å². The molecule has 146 valence electrons. The number of methoxy groups -OCH3 is 1. The molecular weight excluding hydrogens is 360 g/mol. The van der Waals surface area contributed by atoms with Gasteiger partial charge in [0.15, 0.2) is 0 Å². The molecule has 2 rings (SSSR count). The first-order valence-corrected chi connectivity index (χ1v) is 8.53. The number of carbonyl (C=O) groups is 3. The first kappa shape index (κ1) is 20.6. The highest BCUT2D eigenvalue weighted by Crippen LogP contribution is 2.23. The number of hydrazone groups is 1. The Morgan fingerprint density at radius 1 is 0.964 bits per heavy atom. The SMILES string of the molecule is COc1ccccc1NC(=O)C/C(C)=N\NC(=O)c1ccc(NC(C)=O)cc1. The van der Waals surface area contributed by atoms with Gasteiger partial charge in [0.1, 0.15) is 5.75 Å². The van der Waals surface area contributed by atoms with Gasteiger partial charge in [-0.3, -0.25) is 14.4 Å². The van der Waals surface area contributed by atoms with Crippen molar-refractivity contribution in [3.05, 3.63) is 54.1 Å². The Bertz CT molecular complexity index is 891. The van der Waals surface area contributed by atoms with E-state index in [1.165, 1.54) is 14.0 Å². The van der Waals surface area contributed by atoms with Crippen LogP contribution in [0.25, 0.3) is 0 Å². The van der Waals surface area contributed by atoms with E-state index in [2.05, 4.69) is 21.2 Å². The van der Waals surface area contributed by atoms with E-state index in [1.54, 1.807) is 55.5 Å². The Morgan fingerprint density at radius 3 is 2.29 bits per heavy atom. The van der Waals surface area contributed by atoms with E-state index >= 15 is 0 Å². The van der Waals surface area contributed by atoms with Gasteiger partial charge in [-0.15, -0.1) is 0 Å². The second-order valence-corrected chi connectivity index (χ2v) is 5.97. The Labute approximate surface area is 163 Å². The number of amides is 3. The number of hydrogen-bond acceptors (Lipinski definition) is 5. The fourth-order valence-corrected chi connectivity index (χ4v) is 2.33. The van der Waals surface area contributed by atoms with Crippen LogP contribution in [0.15, 0.2) is 53.6 Å². The molecule has 2 aromatic carbocycles. The molecule has 3 N–H and O–H groups in total. The zero-order chi connectivity index (χ0) is 20.5. The summed E-state index contributed by atoms with van der Waals surface area (Å²) in [6.45, 7) is 3.05. The molecule has 0 aliphatic heterocycles. The highest BCUT2D eigenvalue weighted by atomic mass is 16.5. The van der Waals surface area contributed by atoms with Crippen LogP contribution in [0.3, 0.4) is 0 Å². The number of anilines is 2. The predicted octanol–water partition coefficient (Wildman–Crippen LogP) is 2.79. The Balaban J connectivity index is 1.90. The molecule has 0 unspecified atom stereocenters. The quantitative estimate of drug-likeness (QED) is 0.505. The average Bonchev–Trinajstić information content (AvgIpc) is 2.66. The molecular formula is C20H22N4O4. The van der Waals surface area contributed by atoms with Crippen molar-refractivity contribution in [1.29, 1.82) is 0 Å². The van der Waals surface area contributed by atoms with Crippen molar-refractivity contribution in [2.75, 3.05) is 17.7 Å². The smallest absolute Gasteiger partial charge is 0.271 e. The molecule has 0 bridgehead atoms. The number of hydrogen-bond donors (Lipinski definition) is 3. The lowest BCUT2D eigenvalue weighted by Crippen LogP contribution is -2.21. The highest BCUT2D eigenvalue weighted by Gasteiger charge is 2.09. The molecule has 0 atom stereocenters. The van der Waals surface area contributed by atoms with Crippen LogP contribution in [-0.2, 0) is 9.59 Å². The minimum absolute atomic E-state index is 0.0137. The van der Waals surface area contributed by atoms with Gasteiger partial charge in [-0.05, 0) is 43.3 Å². The standard InChI is InChI=1S/C20H22N4O4/c1-13(12-19(26)22-17-6-4-5-7-18(17)28-3)23-24-20(27)15-8-10-16(11-9-15)21-14(2)25/h4-11H,12H2,1-3H3,(H,21,25)(H,22,26)(H,24,27)/b23-13-. The first-order chi connectivity index (χ1) is 13.4. The molecule has 8 heteroatoms. The van der Waals surface area contributed by atoms with Crippen LogP contribution in [0.4, 0.5) is 11.4 Å². The van der Waals surface area contributed by atoms with Crippen LogP contribution in [0.1, 0.15) is 30.6 Å². The molecule has 0 aliphatic carbocycles. The van der Waals surface area contributed by atoms with Crippen LogP contribution >= 0.6 is 0 Å². The fourth-order valence-electron chi connectivity index (χ4n) is 2.33. The number of para-hydroxylation sites is 2. The summed E-state index contributed by atoms with van der Waals surface area (Å²) >= 11 is 0. The van der Waals surface area contributed by atoms with Crippen molar-refractivity contribution < 1.29 is 19.1 Å².